The van der Waals surface area contributed by atoms with E-state index in [2.05, 4.69) is 20.6 Å². The zero-order valence-corrected chi connectivity index (χ0v) is 9.82. The molecule has 0 amide bonds. The van der Waals surface area contributed by atoms with Gasteiger partial charge in [-0.15, -0.1) is 0 Å². The summed E-state index contributed by atoms with van der Waals surface area (Å²) in [7, 11) is 0. The second-order valence-corrected chi connectivity index (χ2v) is 3.26. The van der Waals surface area contributed by atoms with E-state index in [0.29, 0.717) is 26.1 Å². The normalized spacial score (nSPS) is 12.4. The molecule has 0 aromatic heterocycles. The Morgan fingerprint density at radius 1 is 1.44 bits per heavy atom. The molecular weight excluding hydrogens is 214 g/mol. The fourth-order valence-corrected chi connectivity index (χ4v) is 0.776. The summed E-state index contributed by atoms with van der Waals surface area (Å²) >= 11 is 0. The predicted octanol–water partition coefficient (Wildman–Crippen LogP) is -0.366. The van der Waals surface area contributed by atoms with E-state index in [9.17, 15) is 4.79 Å². The van der Waals surface area contributed by atoms with Gasteiger partial charge in [-0.2, -0.15) is 11.0 Å². The number of carbonyl (C=O) groups excluding carboxylic acids is 1. The predicted molar refractivity (Wildman–Crippen MR) is 57.7 cm³/mol. The van der Waals surface area contributed by atoms with E-state index in [1.54, 1.807) is 6.92 Å². The monoisotopic (exact) mass is 235 g/mol. The van der Waals surface area contributed by atoms with Crippen molar-refractivity contribution in [2.75, 3.05) is 19.7 Å². The number of nitrogens with one attached hydrogen (secondary N) is 2. The van der Waals surface area contributed by atoms with Gasteiger partial charge >= 0.3 is 5.97 Å². The molecule has 0 saturated heterocycles. The van der Waals surface area contributed by atoms with Crippen LogP contribution in [0.5, 0.6) is 0 Å². The van der Waals surface area contributed by atoms with Crippen molar-refractivity contribution in [3.05, 3.63) is 0 Å². The maximum Gasteiger partial charge on any atom is 0.324 e. The third-order valence-electron chi connectivity index (χ3n) is 1.65. The molecule has 0 saturated carbocycles. The first-order valence-electron chi connectivity index (χ1n) is 5.33. The lowest BCUT2D eigenvalue weighted by Gasteiger charge is -2.10. The minimum absolute atomic E-state index is 0.115. The summed E-state index contributed by atoms with van der Waals surface area (Å²) in [6.07, 6.45) is 1.07. The van der Waals surface area contributed by atoms with Gasteiger partial charge in [-0.25, -0.2) is 5.90 Å². The zero-order valence-electron chi connectivity index (χ0n) is 9.82. The quantitative estimate of drug-likeness (QED) is 0.351. The van der Waals surface area contributed by atoms with Crippen molar-refractivity contribution < 1.29 is 19.3 Å². The summed E-state index contributed by atoms with van der Waals surface area (Å²) in [6.45, 7) is 5.00. The van der Waals surface area contributed by atoms with Gasteiger partial charge in [0, 0.05) is 13.0 Å². The van der Waals surface area contributed by atoms with Crippen LogP contribution in [-0.4, -0.2) is 31.8 Å². The van der Waals surface area contributed by atoms with Crippen molar-refractivity contribution in [1.82, 2.24) is 11.0 Å². The molecule has 7 nitrogen and oxygen atoms in total. The summed E-state index contributed by atoms with van der Waals surface area (Å²) in [6, 6.07) is 0. The summed E-state index contributed by atoms with van der Waals surface area (Å²) in [4.78, 5) is 25.1. The van der Waals surface area contributed by atoms with Gasteiger partial charge < -0.3 is 14.5 Å². The molecule has 0 aliphatic heterocycles. The Morgan fingerprint density at radius 3 is 2.81 bits per heavy atom. The number of rotatable bonds is 10. The SMILES string of the molecule is CCCC(=O)ONCCONC[C@H](C)ON. The highest BCUT2D eigenvalue weighted by Gasteiger charge is 2.00. The van der Waals surface area contributed by atoms with Crippen molar-refractivity contribution in [2.45, 2.75) is 32.8 Å². The van der Waals surface area contributed by atoms with E-state index in [0.717, 1.165) is 6.42 Å². The van der Waals surface area contributed by atoms with Crippen LogP contribution in [0, 0.1) is 0 Å². The molecule has 7 heteroatoms. The molecule has 0 heterocycles. The fraction of sp³-hybridized carbons (Fsp3) is 0.889. The molecule has 0 fully saturated rings. The number of nitrogens with two attached hydrogens (primary N) is 1. The molecule has 0 aliphatic carbocycles. The second kappa shape index (κ2) is 10.8. The van der Waals surface area contributed by atoms with E-state index in [4.69, 9.17) is 10.7 Å². The topological polar surface area (TPSA) is 94.8 Å². The van der Waals surface area contributed by atoms with E-state index >= 15 is 0 Å². The Labute approximate surface area is 95.5 Å². The second-order valence-electron chi connectivity index (χ2n) is 3.26. The van der Waals surface area contributed by atoms with Crippen LogP contribution < -0.4 is 16.9 Å². The van der Waals surface area contributed by atoms with Crippen molar-refractivity contribution in [3.8, 4) is 0 Å². The molecule has 96 valence electrons. The fourth-order valence-electron chi connectivity index (χ4n) is 0.776. The number of hydroxylamine groups is 2. The molecule has 0 aliphatic rings. The first-order chi connectivity index (χ1) is 7.70. The third kappa shape index (κ3) is 9.81. The highest BCUT2D eigenvalue weighted by atomic mass is 16.7. The van der Waals surface area contributed by atoms with Crippen molar-refractivity contribution in [1.29, 1.82) is 0 Å². The molecule has 0 aromatic rings. The summed E-state index contributed by atoms with van der Waals surface area (Å²) in [5, 5.41) is 0. The molecule has 0 spiro atoms. The lowest BCUT2D eigenvalue weighted by atomic mass is 10.3. The Bertz CT molecular complexity index is 180. The highest BCUT2D eigenvalue weighted by molar-refractivity contribution is 5.68. The van der Waals surface area contributed by atoms with Crippen LogP contribution in [0.25, 0.3) is 0 Å². The van der Waals surface area contributed by atoms with Gasteiger partial charge in [0.25, 0.3) is 0 Å². The van der Waals surface area contributed by atoms with Crippen LogP contribution in [-0.2, 0) is 19.3 Å². The number of hydrogen-bond acceptors (Lipinski definition) is 7. The molecule has 0 bridgehead atoms. The number of hydrogen-bond donors (Lipinski definition) is 3. The maximum atomic E-state index is 10.9. The third-order valence-corrected chi connectivity index (χ3v) is 1.65. The molecular formula is C9H21N3O4. The van der Waals surface area contributed by atoms with Gasteiger partial charge in [0.15, 0.2) is 0 Å². The maximum absolute atomic E-state index is 10.9. The number of carbonyl (C=O) groups is 1. The Balaban J connectivity index is 3.12. The van der Waals surface area contributed by atoms with Crippen LogP contribution in [0.1, 0.15) is 26.7 Å². The standard InChI is InChI=1S/C9H21N3O4/c1-3-4-9(13)16-11-5-6-14-12-7-8(2)15-10/h8,11-12H,3-7,10H2,1-2H3/t8-/m0/s1. The average Bonchev–Trinajstić information content (AvgIpc) is 2.27. The summed E-state index contributed by atoms with van der Waals surface area (Å²) in [5.41, 5.74) is 5.17. The van der Waals surface area contributed by atoms with Crippen molar-refractivity contribution >= 4 is 5.97 Å². The van der Waals surface area contributed by atoms with Crippen LogP contribution in [0.3, 0.4) is 0 Å². The lowest BCUT2D eigenvalue weighted by molar-refractivity contribution is -0.151. The average molecular weight is 235 g/mol. The Hall–Kier alpha value is -0.730. The first kappa shape index (κ1) is 15.3. The largest absolute Gasteiger partial charge is 0.371 e. The molecule has 4 N–H and O–H groups in total. The van der Waals surface area contributed by atoms with Crippen LogP contribution >= 0.6 is 0 Å². The first-order valence-corrected chi connectivity index (χ1v) is 5.33. The van der Waals surface area contributed by atoms with Gasteiger partial charge in [-0.05, 0) is 13.3 Å². The Kier molecular flexibility index (Phi) is 10.3. The molecule has 0 rings (SSSR count). The minimum atomic E-state index is -0.263. The smallest absolute Gasteiger partial charge is 0.324 e. The van der Waals surface area contributed by atoms with Gasteiger partial charge in [0.05, 0.1) is 19.3 Å². The van der Waals surface area contributed by atoms with E-state index in [1.165, 1.54) is 0 Å². The van der Waals surface area contributed by atoms with Crippen LogP contribution in [0.2, 0.25) is 0 Å². The van der Waals surface area contributed by atoms with Crippen LogP contribution in [0.4, 0.5) is 0 Å². The van der Waals surface area contributed by atoms with Gasteiger partial charge in [0.1, 0.15) is 0 Å². The van der Waals surface area contributed by atoms with Crippen molar-refractivity contribution in [3.63, 3.8) is 0 Å². The molecule has 0 aromatic carbocycles. The molecule has 0 unspecified atom stereocenters. The summed E-state index contributed by atoms with van der Waals surface area (Å²) < 4.78 is 0. The zero-order chi connectivity index (χ0) is 12.2. The molecule has 1 atom stereocenters. The van der Waals surface area contributed by atoms with Gasteiger partial charge in [-0.1, -0.05) is 6.92 Å². The van der Waals surface area contributed by atoms with Crippen molar-refractivity contribution in [2.24, 2.45) is 5.90 Å². The lowest BCUT2D eigenvalue weighted by Crippen LogP contribution is -2.31. The highest BCUT2D eigenvalue weighted by Crippen LogP contribution is 1.88. The molecule has 16 heavy (non-hydrogen) atoms. The van der Waals surface area contributed by atoms with Crippen LogP contribution in [0.15, 0.2) is 0 Å². The van der Waals surface area contributed by atoms with E-state index in [1.807, 2.05) is 6.92 Å². The van der Waals surface area contributed by atoms with E-state index in [-0.39, 0.29) is 12.1 Å². The van der Waals surface area contributed by atoms with E-state index < -0.39 is 0 Å². The molecule has 0 radical (unpaired) electrons. The van der Waals surface area contributed by atoms with Gasteiger partial charge in [0.2, 0.25) is 0 Å². The Morgan fingerprint density at radius 2 is 2.19 bits per heavy atom. The summed E-state index contributed by atoms with van der Waals surface area (Å²) in [5.74, 6) is 4.67. The van der Waals surface area contributed by atoms with Gasteiger partial charge in [-0.3, -0.25) is 4.79 Å². The minimum Gasteiger partial charge on any atom is -0.371 e.